The molecule has 8 nitrogen and oxygen atoms in total. The van der Waals surface area contributed by atoms with E-state index in [9.17, 15) is 14.4 Å². The summed E-state index contributed by atoms with van der Waals surface area (Å²) in [6, 6.07) is 9.89. The van der Waals surface area contributed by atoms with Crippen LogP contribution < -0.4 is 10.6 Å². The molecule has 3 N–H and O–H groups in total. The minimum absolute atomic E-state index is 0.0637. The number of aliphatic hydroxyl groups excluding tert-OH is 1. The lowest BCUT2D eigenvalue weighted by molar-refractivity contribution is -0.152. The summed E-state index contributed by atoms with van der Waals surface area (Å²) >= 11 is 0. The summed E-state index contributed by atoms with van der Waals surface area (Å²) in [7, 11) is 0. The van der Waals surface area contributed by atoms with E-state index in [0.29, 0.717) is 32.4 Å². The molecular formula is C27H38N2O6. The standard InChI is InChI=1S/C27H38N2O6/c30-15-17-34-16-14-28-24(31)19-22-10-4-5-11-23(18-21-8-2-1-3-9-21)26(33)35-20-27(29-25(22)32)12-6-7-13-27/h1-5,8-9,22-23,30H,6-7,10-20H2,(H,28,31)(H,29,32)/t22-,23-/m1/s1. The number of rotatable bonds is 9. The summed E-state index contributed by atoms with van der Waals surface area (Å²) in [5.41, 5.74) is 0.510. The van der Waals surface area contributed by atoms with Crippen molar-refractivity contribution in [3.05, 3.63) is 48.0 Å². The molecule has 1 aliphatic carbocycles. The Balaban J connectivity index is 1.68. The lowest BCUT2D eigenvalue weighted by atomic mass is 9.92. The predicted octanol–water partition coefficient (Wildman–Crippen LogP) is 2.30. The smallest absolute Gasteiger partial charge is 0.309 e. The van der Waals surface area contributed by atoms with Gasteiger partial charge in [0.05, 0.1) is 37.2 Å². The van der Waals surface area contributed by atoms with E-state index in [1.807, 2.05) is 42.5 Å². The Hall–Kier alpha value is -2.71. The number of cyclic esters (lactones) is 1. The summed E-state index contributed by atoms with van der Waals surface area (Å²) in [5.74, 6) is -1.44. The van der Waals surface area contributed by atoms with E-state index in [1.165, 1.54) is 0 Å². The number of amides is 2. The van der Waals surface area contributed by atoms with Gasteiger partial charge in [-0.2, -0.15) is 0 Å². The largest absolute Gasteiger partial charge is 0.463 e. The summed E-state index contributed by atoms with van der Waals surface area (Å²) in [6.45, 7) is 0.952. The second kappa shape index (κ2) is 14.0. The summed E-state index contributed by atoms with van der Waals surface area (Å²) in [6.07, 6.45) is 8.85. The van der Waals surface area contributed by atoms with Crippen LogP contribution in [-0.4, -0.2) is 61.4 Å². The van der Waals surface area contributed by atoms with Crippen LogP contribution in [0, 0.1) is 11.8 Å². The third kappa shape index (κ3) is 8.78. The number of hydrogen-bond acceptors (Lipinski definition) is 6. The van der Waals surface area contributed by atoms with Crippen LogP contribution in [0.2, 0.25) is 0 Å². The Morgan fingerprint density at radius 1 is 1.09 bits per heavy atom. The lowest BCUT2D eigenvalue weighted by Gasteiger charge is -2.32. The highest BCUT2D eigenvalue weighted by molar-refractivity contribution is 5.86. The average Bonchev–Trinajstić information content (AvgIpc) is 3.32. The minimum atomic E-state index is -0.570. The molecule has 0 bridgehead atoms. The maximum Gasteiger partial charge on any atom is 0.309 e. The van der Waals surface area contributed by atoms with Crippen molar-refractivity contribution in [2.24, 2.45) is 11.8 Å². The van der Waals surface area contributed by atoms with Crippen molar-refractivity contribution < 1.29 is 29.0 Å². The van der Waals surface area contributed by atoms with Gasteiger partial charge >= 0.3 is 5.97 Å². The van der Waals surface area contributed by atoms with Gasteiger partial charge in [-0.25, -0.2) is 0 Å². The van der Waals surface area contributed by atoms with Crippen LogP contribution in [0.4, 0.5) is 0 Å². The van der Waals surface area contributed by atoms with Gasteiger partial charge < -0.3 is 25.2 Å². The normalized spacial score (nSPS) is 22.7. The van der Waals surface area contributed by atoms with E-state index in [2.05, 4.69) is 10.6 Å². The van der Waals surface area contributed by atoms with Gasteiger partial charge in [-0.3, -0.25) is 14.4 Å². The van der Waals surface area contributed by atoms with Crippen LogP contribution in [-0.2, 0) is 30.3 Å². The number of allylic oxidation sites excluding steroid dienone is 2. The number of nitrogens with one attached hydrogen (secondary N) is 2. The Morgan fingerprint density at radius 3 is 2.51 bits per heavy atom. The number of hydrogen-bond donors (Lipinski definition) is 3. The Labute approximate surface area is 207 Å². The highest BCUT2D eigenvalue weighted by Crippen LogP contribution is 2.31. The zero-order chi connectivity index (χ0) is 24.9. The van der Waals surface area contributed by atoms with Crippen molar-refractivity contribution >= 4 is 17.8 Å². The molecule has 192 valence electrons. The molecule has 1 aromatic carbocycles. The van der Waals surface area contributed by atoms with E-state index in [0.717, 1.165) is 31.2 Å². The monoisotopic (exact) mass is 486 g/mol. The maximum absolute atomic E-state index is 13.2. The molecule has 2 amide bonds. The molecule has 2 atom stereocenters. The first-order chi connectivity index (χ1) is 17.0. The third-order valence-electron chi connectivity index (χ3n) is 6.71. The van der Waals surface area contributed by atoms with Crippen LogP contribution in [0.3, 0.4) is 0 Å². The number of esters is 1. The van der Waals surface area contributed by atoms with Crippen molar-refractivity contribution in [1.82, 2.24) is 10.6 Å². The first-order valence-electron chi connectivity index (χ1n) is 12.6. The third-order valence-corrected chi connectivity index (χ3v) is 6.71. The van der Waals surface area contributed by atoms with Gasteiger partial charge in [-0.15, -0.1) is 0 Å². The van der Waals surface area contributed by atoms with Crippen LogP contribution >= 0.6 is 0 Å². The molecule has 1 aromatic rings. The Morgan fingerprint density at radius 2 is 1.80 bits per heavy atom. The van der Waals surface area contributed by atoms with Crippen LogP contribution in [0.15, 0.2) is 42.5 Å². The molecule has 1 fully saturated rings. The Kier molecular flexibility index (Phi) is 10.8. The van der Waals surface area contributed by atoms with Crippen LogP contribution in [0.1, 0.15) is 50.5 Å². The number of carbonyl (C=O) groups is 3. The predicted molar refractivity (Wildman–Crippen MR) is 131 cm³/mol. The number of carbonyl (C=O) groups excluding carboxylic acids is 3. The molecule has 0 radical (unpaired) electrons. The van der Waals surface area contributed by atoms with Crippen LogP contribution in [0.25, 0.3) is 0 Å². The average molecular weight is 487 g/mol. The van der Waals surface area contributed by atoms with Crippen molar-refractivity contribution in [3.8, 4) is 0 Å². The first-order valence-corrected chi connectivity index (χ1v) is 12.6. The van der Waals surface area contributed by atoms with Crippen molar-refractivity contribution in [2.45, 2.75) is 56.9 Å². The lowest BCUT2D eigenvalue weighted by Crippen LogP contribution is -2.52. The number of benzene rings is 1. The zero-order valence-electron chi connectivity index (χ0n) is 20.4. The van der Waals surface area contributed by atoms with Crippen LogP contribution in [0.5, 0.6) is 0 Å². The van der Waals surface area contributed by atoms with Gasteiger partial charge in [0.1, 0.15) is 6.61 Å². The van der Waals surface area contributed by atoms with Gasteiger partial charge in [-0.1, -0.05) is 55.3 Å². The molecular weight excluding hydrogens is 448 g/mol. The van der Waals surface area contributed by atoms with Crippen molar-refractivity contribution in [2.75, 3.05) is 33.0 Å². The fourth-order valence-electron chi connectivity index (χ4n) is 4.74. The van der Waals surface area contributed by atoms with Crippen molar-refractivity contribution in [1.29, 1.82) is 0 Å². The summed E-state index contributed by atoms with van der Waals surface area (Å²) < 4.78 is 11.0. The molecule has 8 heteroatoms. The Bertz CT molecular complexity index is 850. The molecule has 1 spiro atoms. The van der Waals surface area contributed by atoms with E-state index < -0.39 is 11.5 Å². The van der Waals surface area contributed by atoms with Gasteiger partial charge in [0, 0.05) is 13.0 Å². The van der Waals surface area contributed by atoms with E-state index in [-0.39, 0.29) is 49.9 Å². The number of aliphatic hydroxyl groups is 1. The van der Waals surface area contributed by atoms with Gasteiger partial charge in [0.2, 0.25) is 11.8 Å². The number of ether oxygens (including phenoxy) is 2. The highest BCUT2D eigenvalue weighted by Gasteiger charge is 2.39. The second-order valence-electron chi connectivity index (χ2n) is 9.50. The van der Waals surface area contributed by atoms with Gasteiger partial charge in [0.15, 0.2) is 0 Å². The zero-order valence-corrected chi connectivity index (χ0v) is 20.4. The fourth-order valence-corrected chi connectivity index (χ4v) is 4.74. The van der Waals surface area contributed by atoms with E-state index in [4.69, 9.17) is 14.6 Å². The van der Waals surface area contributed by atoms with Gasteiger partial charge in [0.25, 0.3) is 0 Å². The maximum atomic E-state index is 13.2. The summed E-state index contributed by atoms with van der Waals surface area (Å²) in [5, 5.41) is 14.7. The van der Waals surface area contributed by atoms with E-state index >= 15 is 0 Å². The quantitative estimate of drug-likeness (QED) is 0.280. The second-order valence-corrected chi connectivity index (χ2v) is 9.50. The van der Waals surface area contributed by atoms with Gasteiger partial charge in [-0.05, 0) is 37.7 Å². The molecule has 3 rings (SSSR count). The molecule has 1 heterocycles. The van der Waals surface area contributed by atoms with E-state index in [1.54, 1.807) is 0 Å². The molecule has 0 unspecified atom stereocenters. The molecule has 0 aromatic heterocycles. The minimum Gasteiger partial charge on any atom is -0.463 e. The topological polar surface area (TPSA) is 114 Å². The first kappa shape index (κ1) is 26.9. The SMILES string of the molecule is O=C(C[C@H]1CC=CC[C@H](Cc2ccccc2)C(=O)OCC2(CCCC2)NC1=O)NCCOCCO. The summed E-state index contributed by atoms with van der Waals surface area (Å²) in [4.78, 5) is 38.7. The molecule has 35 heavy (non-hydrogen) atoms. The molecule has 0 saturated heterocycles. The molecule has 2 aliphatic rings. The molecule has 1 aliphatic heterocycles. The van der Waals surface area contributed by atoms with Crippen molar-refractivity contribution in [3.63, 3.8) is 0 Å². The fraction of sp³-hybridized carbons (Fsp3) is 0.593. The molecule has 1 saturated carbocycles. The highest BCUT2D eigenvalue weighted by atomic mass is 16.5.